The molecule has 94 valence electrons. The van der Waals surface area contributed by atoms with Crippen LogP contribution < -0.4 is 5.32 Å². The molecule has 1 N–H and O–H groups in total. The first-order valence-corrected chi connectivity index (χ1v) is 7.03. The van der Waals surface area contributed by atoms with Crippen molar-refractivity contribution in [3.05, 3.63) is 52.0 Å². The standard InChI is InChI=1S/C14H16N2OS/c1-10(14-15-6-7-18-14)16-13-9-17-8-11-4-2-3-5-12(11)13/h2-7,10,13,16H,8-9H2,1H3. The number of nitrogens with zero attached hydrogens (tertiary/aromatic N) is 1. The molecule has 4 heteroatoms. The third kappa shape index (κ3) is 2.32. The van der Waals surface area contributed by atoms with Crippen molar-refractivity contribution in [3.63, 3.8) is 0 Å². The molecular formula is C14H16N2OS. The molecule has 18 heavy (non-hydrogen) atoms. The fourth-order valence-corrected chi connectivity index (χ4v) is 3.00. The molecular weight excluding hydrogens is 244 g/mol. The van der Waals surface area contributed by atoms with Crippen LogP contribution in [0.15, 0.2) is 35.8 Å². The molecule has 2 aromatic rings. The highest BCUT2D eigenvalue weighted by Crippen LogP contribution is 2.27. The summed E-state index contributed by atoms with van der Waals surface area (Å²) in [4.78, 5) is 4.35. The zero-order valence-electron chi connectivity index (χ0n) is 10.3. The van der Waals surface area contributed by atoms with Crippen LogP contribution >= 0.6 is 11.3 Å². The van der Waals surface area contributed by atoms with Gasteiger partial charge in [0.05, 0.1) is 25.3 Å². The van der Waals surface area contributed by atoms with E-state index in [1.165, 1.54) is 11.1 Å². The third-order valence-electron chi connectivity index (χ3n) is 3.25. The van der Waals surface area contributed by atoms with E-state index in [0.717, 1.165) is 18.2 Å². The molecule has 0 saturated heterocycles. The highest BCUT2D eigenvalue weighted by molar-refractivity contribution is 7.09. The van der Waals surface area contributed by atoms with E-state index in [1.54, 1.807) is 11.3 Å². The normalized spacial score (nSPS) is 20.4. The topological polar surface area (TPSA) is 34.1 Å². The van der Waals surface area contributed by atoms with Crippen LogP contribution in [0, 0.1) is 0 Å². The van der Waals surface area contributed by atoms with Crippen LogP contribution in [0.5, 0.6) is 0 Å². The van der Waals surface area contributed by atoms with Gasteiger partial charge in [0.25, 0.3) is 0 Å². The van der Waals surface area contributed by atoms with Crippen LogP contribution in [-0.2, 0) is 11.3 Å². The Morgan fingerprint density at radius 3 is 3.17 bits per heavy atom. The van der Waals surface area contributed by atoms with Gasteiger partial charge in [-0.25, -0.2) is 4.98 Å². The molecule has 0 fully saturated rings. The summed E-state index contributed by atoms with van der Waals surface area (Å²) in [7, 11) is 0. The van der Waals surface area contributed by atoms with E-state index in [0.29, 0.717) is 0 Å². The molecule has 0 radical (unpaired) electrons. The molecule has 0 spiro atoms. The zero-order chi connectivity index (χ0) is 12.4. The molecule has 1 aliphatic rings. The summed E-state index contributed by atoms with van der Waals surface area (Å²) >= 11 is 1.69. The van der Waals surface area contributed by atoms with E-state index in [1.807, 2.05) is 11.6 Å². The number of benzene rings is 1. The quantitative estimate of drug-likeness (QED) is 0.921. The molecule has 2 unspecified atom stereocenters. The van der Waals surface area contributed by atoms with Gasteiger partial charge >= 0.3 is 0 Å². The van der Waals surface area contributed by atoms with Gasteiger partial charge in [0.1, 0.15) is 5.01 Å². The van der Waals surface area contributed by atoms with Gasteiger partial charge in [-0.2, -0.15) is 0 Å². The Bertz CT molecular complexity index is 512. The van der Waals surface area contributed by atoms with Crippen molar-refractivity contribution < 1.29 is 4.74 Å². The molecule has 2 heterocycles. The second-order valence-electron chi connectivity index (χ2n) is 4.53. The predicted molar refractivity (Wildman–Crippen MR) is 72.5 cm³/mol. The average Bonchev–Trinajstić information content (AvgIpc) is 2.93. The summed E-state index contributed by atoms with van der Waals surface area (Å²) in [6.45, 7) is 3.60. The van der Waals surface area contributed by atoms with Crippen LogP contribution in [0.4, 0.5) is 0 Å². The Hall–Kier alpha value is -1.23. The van der Waals surface area contributed by atoms with Gasteiger partial charge < -0.3 is 4.74 Å². The van der Waals surface area contributed by atoms with Crippen LogP contribution in [0.2, 0.25) is 0 Å². The highest BCUT2D eigenvalue weighted by atomic mass is 32.1. The Kier molecular flexibility index (Phi) is 3.41. The molecule has 3 nitrogen and oxygen atoms in total. The van der Waals surface area contributed by atoms with Crippen molar-refractivity contribution in [1.29, 1.82) is 0 Å². The Labute approximate surface area is 111 Å². The lowest BCUT2D eigenvalue weighted by Crippen LogP contribution is -2.31. The largest absolute Gasteiger partial charge is 0.375 e. The fourth-order valence-electron chi connectivity index (χ4n) is 2.34. The van der Waals surface area contributed by atoms with Crippen molar-refractivity contribution in [2.24, 2.45) is 0 Å². The minimum Gasteiger partial charge on any atom is -0.375 e. The van der Waals surface area contributed by atoms with Crippen LogP contribution in [0.1, 0.15) is 35.1 Å². The van der Waals surface area contributed by atoms with Crippen LogP contribution in [0.25, 0.3) is 0 Å². The summed E-state index contributed by atoms with van der Waals surface area (Å²) in [6.07, 6.45) is 1.85. The van der Waals surface area contributed by atoms with E-state index in [-0.39, 0.29) is 12.1 Å². The van der Waals surface area contributed by atoms with E-state index in [4.69, 9.17) is 4.74 Å². The molecule has 2 atom stereocenters. The molecule has 0 bridgehead atoms. The number of hydrogen-bond donors (Lipinski definition) is 1. The monoisotopic (exact) mass is 260 g/mol. The lowest BCUT2D eigenvalue weighted by Gasteiger charge is -2.28. The zero-order valence-corrected chi connectivity index (χ0v) is 11.1. The maximum absolute atomic E-state index is 5.65. The number of thiazole rings is 1. The van der Waals surface area contributed by atoms with Gasteiger partial charge in [0.2, 0.25) is 0 Å². The van der Waals surface area contributed by atoms with Gasteiger partial charge in [-0.05, 0) is 18.1 Å². The Balaban J connectivity index is 1.78. The van der Waals surface area contributed by atoms with E-state index >= 15 is 0 Å². The number of nitrogens with one attached hydrogen (secondary N) is 1. The summed E-state index contributed by atoms with van der Waals surface area (Å²) in [5.74, 6) is 0. The summed E-state index contributed by atoms with van der Waals surface area (Å²) in [5, 5.41) is 6.74. The van der Waals surface area contributed by atoms with E-state index in [9.17, 15) is 0 Å². The van der Waals surface area contributed by atoms with Crippen molar-refractivity contribution in [2.75, 3.05) is 6.61 Å². The van der Waals surface area contributed by atoms with Gasteiger partial charge in [0.15, 0.2) is 0 Å². The summed E-state index contributed by atoms with van der Waals surface area (Å²) in [5.41, 5.74) is 2.64. The second kappa shape index (κ2) is 5.18. The highest BCUT2D eigenvalue weighted by Gasteiger charge is 2.22. The smallest absolute Gasteiger partial charge is 0.109 e. The second-order valence-corrected chi connectivity index (χ2v) is 5.45. The minimum atomic E-state index is 0.254. The SMILES string of the molecule is CC(NC1COCc2ccccc21)c1nccs1. The predicted octanol–water partition coefficient (Wildman–Crippen LogP) is 3.07. The lowest BCUT2D eigenvalue weighted by molar-refractivity contribution is 0.0791. The first-order chi connectivity index (χ1) is 8.84. The minimum absolute atomic E-state index is 0.254. The molecule has 1 aliphatic heterocycles. The van der Waals surface area contributed by atoms with Gasteiger partial charge in [-0.1, -0.05) is 24.3 Å². The Morgan fingerprint density at radius 2 is 2.33 bits per heavy atom. The number of ether oxygens (including phenoxy) is 1. The van der Waals surface area contributed by atoms with Crippen molar-refractivity contribution in [3.8, 4) is 0 Å². The van der Waals surface area contributed by atoms with Gasteiger partial charge in [0, 0.05) is 11.6 Å². The molecule has 3 rings (SSSR count). The summed E-state index contributed by atoms with van der Waals surface area (Å²) < 4.78 is 5.65. The first kappa shape index (κ1) is 11.8. The van der Waals surface area contributed by atoms with Gasteiger partial charge in [-0.15, -0.1) is 11.3 Å². The van der Waals surface area contributed by atoms with Crippen LogP contribution in [-0.4, -0.2) is 11.6 Å². The maximum atomic E-state index is 5.65. The maximum Gasteiger partial charge on any atom is 0.109 e. The van der Waals surface area contributed by atoms with Crippen molar-refractivity contribution in [1.82, 2.24) is 10.3 Å². The van der Waals surface area contributed by atoms with E-state index < -0.39 is 0 Å². The third-order valence-corrected chi connectivity index (χ3v) is 4.20. The Morgan fingerprint density at radius 1 is 1.44 bits per heavy atom. The molecule has 0 amide bonds. The number of fused-ring (bicyclic) bond motifs is 1. The number of hydrogen-bond acceptors (Lipinski definition) is 4. The number of aromatic nitrogens is 1. The lowest BCUT2D eigenvalue weighted by atomic mass is 9.98. The number of rotatable bonds is 3. The average molecular weight is 260 g/mol. The first-order valence-electron chi connectivity index (χ1n) is 6.15. The van der Waals surface area contributed by atoms with Crippen molar-refractivity contribution >= 4 is 11.3 Å². The fraction of sp³-hybridized carbons (Fsp3) is 0.357. The molecule has 0 saturated carbocycles. The summed E-state index contributed by atoms with van der Waals surface area (Å²) in [6, 6.07) is 8.99. The van der Waals surface area contributed by atoms with E-state index in [2.05, 4.69) is 41.5 Å². The van der Waals surface area contributed by atoms with Crippen molar-refractivity contribution in [2.45, 2.75) is 25.6 Å². The van der Waals surface area contributed by atoms with Crippen LogP contribution in [0.3, 0.4) is 0 Å². The molecule has 0 aliphatic carbocycles. The van der Waals surface area contributed by atoms with Gasteiger partial charge in [-0.3, -0.25) is 5.32 Å². The molecule has 1 aromatic heterocycles. The molecule has 1 aromatic carbocycles.